The Morgan fingerprint density at radius 3 is 2.60 bits per heavy atom. The summed E-state index contributed by atoms with van der Waals surface area (Å²) in [5.41, 5.74) is 2.71. The van der Waals surface area contributed by atoms with E-state index in [0.717, 1.165) is 28.7 Å². The molecule has 1 N–H and O–H groups in total. The number of hydrogen-bond acceptors (Lipinski definition) is 7. The molecule has 176 valence electrons. The Kier molecular flexibility index (Phi) is 5.57. The number of aromatic nitrogens is 5. The van der Waals surface area contributed by atoms with Gasteiger partial charge in [0.2, 0.25) is 5.88 Å². The zero-order valence-electron chi connectivity index (χ0n) is 18.1. The van der Waals surface area contributed by atoms with E-state index in [1.165, 1.54) is 25.7 Å². The monoisotopic (exact) mass is 494 g/mol. The minimum Gasteiger partial charge on any atom is -0.480 e. The number of ether oxygens (including phenoxy) is 1. The van der Waals surface area contributed by atoms with Crippen LogP contribution in [0.3, 0.4) is 0 Å². The number of nitrogens with one attached hydrogen (secondary N) is 1. The van der Waals surface area contributed by atoms with Crippen LogP contribution in [0.1, 0.15) is 0 Å². The highest BCUT2D eigenvalue weighted by Gasteiger charge is 2.22. The van der Waals surface area contributed by atoms with Crippen molar-refractivity contribution < 1.29 is 21.9 Å². The van der Waals surface area contributed by atoms with Crippen molar-refractivity contribution in [3.05, 3.63) is 85.2 Å². The van der Waals surface area contributed by atoms with E-state index < -0.39 is 26.6 Å². The molecule has 0 atom stereocenters. The molecule has 5 rings (SSSR count). The minimum absolute atomic E-state index is 0.0171. The SMILES string of the molecule is COc1ncc(-c2ccc3nccc(-n4cncn4)c3c2)cc1NS(=O)(=O)c1ccc(F)cc1F. The summed E-state index contributed by atoms with van der Waals surface area (Å²) in [5, 5.41) is 4.96. The molecule has 0 amide bonds. The molecule has 2 aromatic carbocycles. The lowest BCUT2D eigenvalue weighted by molar-refractivity contribution is 0.400. The molecule has 5 aromatic rings. The highest BCUT2D eigenvalue weighted by atomic mass is 32.2. The zero-order chi connectivity index (χ0) is 24.6. The lowest BCUT2D eigenvalue weighted by atomic mass is 10.0. The Labute approximate surface area is 198 Å². The molecule has 3 heterocycles. The lowest BCUT2D eigenvalue weighted by Gasteiger charge is -2.14. The van der Waals surface area contributed by atoms with Crippen molar-refractivity contribution in [2.24, 2.45) is 0 Å². The molecule has 0 unspecified atom stereocenters. The van der Waals surface area contributed by atoms with E-state index in [1.807, 2.05) is 18.2 Å². The van der Waals surface area contributed by atoms with E-state index in [2.05, 4.69) is 24.8 Å². The molecule has 12 heteroatoms. The summed E-state index contributed by atoms with van der Waals surface area (Å²) in [6, 6.07) is 11.0. The number of benzene rings is 2. The smallest absolute Gasteiger partial charge is 0.264 e. The standard InChI is InChI=1S/C23H16F2N6O3S/c1-34-23-20(30-35(32,33)22-5-3-16(24)10-18(22)25)9-15(11-28-23)14-2-4-19-17(8-14)21(6-7-27-19)31-13-26-12-29-31/h2-13,30H,1H3. The van der Waals surface area contributed by atoms with Crippen molar-refractivity contribution in [3.8, 4) is 22.7 Å². The number of hydrogen-bond donors (Lipinski definition) is 1. The Bertz CT molecular complexity index is 1660. The molecule has 0 aliphatic heterocycles. The van der Waals surface area contributed by atoms with Crippen molar-refractivity contribution in [1.29, 1.82) is 0 Å². The molecular weight excluding hydrogens is 478 g/mol. The van der Waals surface area contributed by atoms with Crippen LogP contribution in [0.15, 0.2) is 78.5 Å². The molecule has 0 saturated carbocycles. The van der Waals surface area contributed by atoms with E-state index >= 15 is 0 Å². The number of sulfonamides is 1. The molecule has 9 nitrogen and oxygen atoms in total. The Morgan fingerprint density at radius 2 is 1.86 bits per heavy atom. The van der Waals surface area contributed by atoms with Gasteiger partial charge in [0.05, 0.1) is 18.3 Å². The van der Waals surface area contributed by atoms with Crippen molar-refractivity contribution in [2.45, 2.75) is 4.90 Å². The van der Waals surface area contributed by atoms with Crippen LogP contribution in [0.2, 0.25) is 0 Å². The first-order valence-corrected chi connectivity index (χ1v) is 11.6. The van der Waals surface area contributed by atoms with E-state index in [0.29, 0.717) is 17.2 Å². The van der Waals surface area contributed by atoms with Gasteiger partial charge in [-0.05, 0) is 42.0 Å². The molecule has 0 radical (unpaired) electrons. The average molecular weight is 494 g/mol. The second kappa shape index (κ2) is 8.72. The molecule has 0 saturated heterocycles. The van der Waals surface area contributed by atoms with Crippen LogP contribution in [-0.4, -0.2) is 40.3 Å². The van der Waals surface area contributed by atoms with Gasteiger partial charge in [0.15, 0.2) is 0 Å². The molecule has 0 spiro atoms. The number of pyridine rings is 2. The highest BCUT2D eigenvalue weighted by molar-refractivity contribution is 7.92. The molecule has 3 aromatic heterocycles. The number of rotatable bonds is 6. The van der Waals surface area contributed by atoms with E-state index in [4.69, 9.17) is 4.74 Å². The predicted octanol–water partition coefficient (Wildman–Crippen LogP) is 3.97. The van der Waals surface area contributed by atoms with Crippen molar-refractivity contribution >= 4 is 26.6 Å². The van der Waals surface area contributed by atoms with E-state index in [9.17, 15) is 17.2 Å². The van der Waals surface area contributed by atoms with Crippen molar-refractivity contribution in [3.63, 3.8) is 0 Å². The van der Waals surface area contributed by atoms with Crippen molar-refractivity contribution in [2.75, 3.05) is 11.8 Å². The van der Waals surface area contributed by atoms with E-state index in [-0.39, 0.29) is 11.6 Å². The van der Waals surface area contributed by atoms with Gasteiger partial charge in [0.1, 0.15) is 34.9 Å². The van der Waals surface area contributed by atoms with Crippen LogP contribution in [0.4, 0.5) is 14.5 Å². The Hall–Kier alpha value is -4.45. The summed E-state index contributed by atoms with van der Waals surface area (Å²) in [4.78, 5) is 11.8. The third-order valence-corrected chi connectivity index (χ3v) is 6.59. The quantitative estimate of drug-likeness (QED) is 0.380. The van der Waals surface area contributed by atoms with Gasteiger partial charge < -0.3 is 4.74 Å². The predicted molar refractivity (Wildman–Crippen MR) is 124 cm³/mol. The summed E-state index contributed by atoms with van der Waals surface area (Å²) in [7, 11) is -3.08. The van der Waals surface area contributed by atoms with Gasteiger partial charge in [0.25, 0.3) is 10.0 Å². The number of fused-ring (bicyclic) bond motifs is 1. The first-order chi connectivity index (χ1) is 16.9. The fraction of sp³-hybridized carbons (Fsp3) is 0.0435. The molecular formula is C23H16F2N6O3S. The normalized spacial score (nSPS) is 11.5. The molecule has 0 fully saturated rings. The van der Waals surface area contributed by atoms with Gasteiger partial charge in [-0.25, -0.2) is 31.8 Å². The van der Waals surface area contributed by atoms with Crippen LogP contribution in [-0.2, 0) is 10.0 Å². The topological polar surface area (TPSA) is 112 Å². The largest absolute Gasteiger partial charge is 0.480 e. The molecule has 0 bridgehead atoms. The van der Waals surface area contributed by atoms with Crippen LogP contribution >= 0.6 is 0 Å². The van der Waals surface area contributed by atoms with Gasteiger partial charge in [-0.15, -0.1) is 0 Å². The van der Waals surface area contributed by atoms with Gasteiger partial charge in [-0.2, -0.15) is 5.10 Å². The third-order valence-electron chi connectivity index (χ3n) is 5.19. The first-order valence-electron chi connectivity index (χ1n) is 10.1. The Morgan fingerprint density at radius 1 is 1.00 bits per heavy atom. The van der Waals surface area contributed by atoms with Crippen LogP contribution in [0, 0.1) is 11.6 Å². The molecule has 35 heavy (non-hydrogen) atoms. The van der Waals surface area contributed by atoms with Crippen LogP contribution in [0.25, 0.3) is 27.7 Å². The summed E-state index contributed by atoms with van der Waals surface area (Å²) < 4.78 is 62.1. The van der Waals surface area contributed by atoms with Gasteiger partial charge in [0, 0.05) is 29.4 Å². The number of nitrogens with zero attached hydrogens (tertiary/aromatic N) is 5. The summed E-state index contributed by atoms with van der Waals surface area (Å²) in [6.07, 6.45) is 6.17. The fourth-order valence-electron chi connectivity index (χ4n) is 3.58. The summed E-state index contributed by atoms with van der Waals surface area (Å²) in [5.74, 6) is -2.13. The molecule has 0 aliphatic carbocycles. The second-order valence-electron chi connectivity index (χ2n) is 7.36. The second-order valence-corrected chi connectivity index (χ2v) is 9.01. The minimum atomic E-state index is -4.40. The maximum atomic E-state index is 14.2. The number of halogens is 2. The first kappa shape index (κ1) is 22.3. The maximum absolute atomic E-state index is 14.2. The average Bonchev–Trinajstić information content (AvgIpc) is 3.37. The number of anilines is 1. The zero-order valence-corrected chi connectivity index (χ0v) is 18.9. The fourth-order valence-corrected chi connectivity index (χ4v) is 4.69. The maximum Gasteiger partial charge on any atom is 0.264 e. The summed E-state index contributed by atoms with van der Waals surface area (Å²) in [6.45, 7) is 0. The van der Waals surface area contributed by atoms with Crippen LogP contribution in [0.5, 0.6) is 5.88 Å². The van der Waals surface area contributed by atoms with Gasteiger partial charge in [-0.3, -0.25) is 9.71 Å². The summed E-state index contributed by atoms with van der Waals surface area (Å²) >= 11 is 0. The van der Waals surface area contributed by atoms with E-state index in [1.54, 1.807) is 23.3 Å². The van der Waals surface area contributed by atoms with Gasteiger partial charge in [-0.1, -0.05) is 6.07 Å². The highest BCUT2D eigenvalue weighted by Crippen LogP contribution is 2.32. The number of methoxy groups -OCH3 is 1. The Balaban J connectivity index is 1.58. The van der Waals surface area contributed by atoms with Crippen molar-refractivity contribution in [1.82, 2.24) is 24.7 Å². The molecule has 0 aliphatic rings. The van der Waals surface area contributed by atoms with Gasteiger partial charge >= 0.3 is 0 Å². The third kappa shape index (κ3) is 4.26. The van der Waals surface area contributed by atoms with Crippen LogP contribution < -0.4 is 9.46 Å². The lowest BCUT2D eigenvalue weighted by Crippen LogP contribution is -2.15.